The number of benzene rings is 8. The highest BCUT2D eigenvalue weighted by Crippen LogP contribution is 2.43. The molecule has 4 aliphatic heterocycles. The zero-order chi connectivity index (χ0) is 101. The van der Waals surface area contributed by atoms with Crippen molar-refractivity contribution in [2.45, 2.75) is 213 Å². The molecular formula is C104H121F12N13O11S. The lowest BCUT2D eigenvalue weighted by Gasteiger charge is -2.46. The summed E-state index contributed by atoms with van der Waals surface area (Å²) in [7, 11) is -2.76. The number of carbonyl (C=O) groups excluding carboxylic acids is 8. The van der Waals surface area contributed by atoms with Gasteiger partial charge in [-0.25, -0.2) is 8.42 Å². The number of aryl methyl sites for hydroxylation is 2. The third-order valence-electron chi connectivity index (χ3n) is 27.9. The molecule has 37 heteroatoms. The van der Waals surface area contributed by atoms with Crippen LogP contribution in [0.3, 0.4) is 0 Å². The molecule has 0 bridgehead atoms. The molecule has 4 heterocycles. The van der Waals surface area contributed by atoms with Crippen molar-refractivity contribution in [2.75, 3.05) is 96.1 Å². The zero-order valence-corrected chi connectivity index (χ0v) is 79.7. The Bertz CT molecular complexity index is 5330. The van der Waals surface area contributed by atoms with Gasteiger partial charge in [0.05, 0.1) is 84.5 Å². The van der Waals surface area contributed by atoms with Gasteiger partial charge in [-0.05, 0) is 246 Å². The van der Waals surface area contributed by atoms with Crippen LogP contribution in [0.5, 0.6) is 5.75 Å². The normalized spacial score (nSPS) is 21.3. The predicted octanol–water partition coefficient (Wildman–Crippen LogP) is 15.6. The number of aromatic hydroxyl groups is 1. The van der Waals surface area contributed by atoms with E-state index in [2.05, 4.69) is 159 Å². The number of sulfonamides is 1. The van der Waals surface area contributed by atoms with Crippen LogP contribution in [-0.4, -0.2) is 221 Å². The Hall–Kier alpha value is -11.9. The van der Waals surface area contributed by atoms with E-state index in [-0.39, 0.29) is 78.0 Å². The second-order valence-corrected chi connectivity index (χ2v) is 40.2. The quantitative estimate of drug-likeness (QED) is 0.0228. The number of carbonyl (C=O) groups is 8. The maximum Gasteiger partial charge on any atom is 0.416 e. The molecule has 141 heavy (non-hydrogen) atoms. The van der Waals surface area contributed by atoms with Crippen LogP contribution in [0.4, 0.5) is 58.4 Å². The van der Waals surface area contributed by atoms with Crippen LogP contribution in [0.15, 0.2) is 194 Å². The molecule has 0 atom stereocenters. The molecule has 8 fully saturated rings. The van der Waals surface area contributed by atoms with Crippen LogP contribution in [0.25, 0.3) is 0 Å². The molecule has 0 unspecified atom stereocenters. The smallest absolute Gasteiger partial charge is 0.416 e. The van der Waals surface area contributed by atoms with Crippen molar-refractivity contribution >= 4 is 63.0 Å². The summed E-state index contributed by atoms with van der Waals surface area (Å²) in [5.41, 5.74) is 0.924. The van der Waals surface area contributed by atoms with Gasteiger partial charge in [-0.15, -0.1) is 0 Å². The second-order valence-electron chi connectivity index (χ2n) is 38.2. The molecule has 0 radical (unpaired) electrons. The highest BCUT2D eigenvalue weighted by atomic mass is 32.2. The lowest BCUT2D eigenvalue weighted by Crippen LogP contribution is -2.63. The number of phenolic OH excluding ortho intramolecular Hbond substituents is 1. The van der Waals surface area contributed by atoms with E-state index in [4.69, 9.17) is 0 Å². The molecule has 8 aliphatic rings. The van der Waals surface area contributed by atoms with E-state index in [0.717, 1.165) is 179 Å². The molecule has 8 aromatic rings. The molecule has 24 nitrogen and oxygen atoms in total. The summed E-state index contributed by atoms with van der Waals surface area (Å²) in [6.45, 7) is 7.76. The highest BCUT2D eigenvalue weighted by molar-refractivity contribution is 7.92. The molecule has 0 spiro atoms. The second kappa shape index (κ2) is 47.3. The van der Waals surface area contributed by atoms with E-state index in [1.54, 1.807) is 0 Å². The van der Waals surface area contributed by atoms with Crippen LogP contribution >= 0.6 is 0 Å². The lowest BCUT2D eigenvalue weighted by molar-refractivity contribution is -0.138. The average molecular weight is 1990 g/mol. The molecular weight excluding hydrogens is 1870 g/mol. The van der Waals surface area contributed by atoms with Crippen LogP contribution in [0.2, 0.25) is 0 Å². The minimum Gasteiger partial charge on any atom is -0.508 e. The van der Waals surface area contributed by atoms with E-state index < -0.39 is 110 Å². The van der Waals surface area contributed by atoms with E-state index in [9.17, 15) is 105 Å². The van der Waals surface area contributed by atoms with Gasteiger partial charge in [0.15, 0.2) is 0 Å². The summed E-state index contributed by atoms with van der Waals surface area (Å²) in [5.74, 6) is -2.92. The maximum atomic E-state index is 13.4. The van der Waals surface area contributed by atoms with Crippen LogP contribution in [0, 0.1) is 13.8 Å². The van der Waals surface area contributed by atoms with E-state index in [1.807, 2.05) is 24.3 Å². The van der Waals surface area contributed by atoms with Crippen molar-refractivity contribution < 1.29 is 105 Å². The molecule has 8 aromatic carbocycles. The standard InChI is InChI=1S/C27H33F3N4O4S.2C26H30F3N3O2.C25H28F3N3O3/c1-33(39(2,37)38)24-13-20(12-21(14-24)27(28,29)30)26(36)31-15-25(35)32-22-16-34(17-22)23-10-8-19(9-11-23)18-6-4-3-5-7-18;2*1-17-11-20(13-21(12-17)26(27,28)29)25(34)30-14-24(33)31-22-15-32(16-22)23-9-7-19(8-10-23)18-5-3-2-4-6-18;26-25(27,28)19-10-18(11-22(32)12-19)24(34)29-13-23(33)30-20-14-31(15-20)21-8-6-17(7-9-21)16-4-2-1-3-5-16/h3-7,12-14,19,22-23H,8-11,15-17H2,1-2H3,(H,31,36)(H,32,35);2*2-6,11-13,19,22-23H,7-10,14-16H2,1H3,(H,30,34)(H,31,33);1-5,10-12,17,20-21,32H,6-9,13-15H2,(H,29,34)(H,30,33). The van der Waals surface area contributed by atoms with Crippen molar-refractivity contribution in [3.63, 3.8) is 0 Å². The van der Waals surface area contributed by atoms with Crippen molar-refractivity contribution in [2.24, 2.45) is 0 Å². The van der Waals surface area contributed by atoms with Gasteiger partial charge in [-0.3, -0.25) is 62.3 Å². The molecule has 4 saturated carbocycles. The minimum atomic E-state index is -4.79. The fraction of sp³-hybridized carbons (Fsp3) is 0.462. The maximum absolute atomic E-state index is 13.4. The number of alkyl halides is 12. The van der Waals surface area contributed by atoms with Crippen LogP contribution in [0.1, 0.15) is 223 Å². The van der Waals surface area contributed by atoms with Gasteiger partial charge in [-0.2, -0.15) is 52.7 Å². The summed E-state index contributed by atoms with van der Waals surface area (Å²) in [6.07, 6.45) is 0.570. The summed E-state index contributed by atoms with van der Waals surface area (Å²) < 4.78 is 181. The first kappa shape index (κ1) is 106. The van der Waals surface area contributed by atoms with Crippen molar-refractivity contribution in [3.8, 4) is 5.75 Å². The number of nitrogens with one attached hydrogen (secondary N) is 8. The highest BCUT2D eigenvalue weighted by Gasteiger charge is 2.43. The van der Waals surface area contributed by atoms with Crippen LogP contribution in [-0.2, 0) is 53.9 Å². The van der Waals surface area contributed by atoms with Gasteiger partial charge in [-0.1, -0.05) is 121 Å². The third kappa shape index (κ3) is 30.6. The number of nitrogens with zero attached hydrogens (tertiary/aromatic N) is 5. The number of likely N-dealkylation sites (tertiary alicyclic amines) is 4. The predicted molar refractivity (Wildman–Crippen MR) is 509 cm³/mol. The molecule has 0 aromatic heterocycles. The Morgan fingerprint density at radius 3 is 0.773 bits per heavy atom. The average Bonchev–Trinajstić information content (AvgIpc) is 0.810. The van der Waals surface area contributed by atoms with Crippen LogP contribution < -0.4 is 46.8 Å². The number of rotatable bonds is 26. The lowest BCUT2D eigenvalue weighted by atomic mass is 9.80. The molecule has 4 saturated heterocycles. The molecule has 9 N–H and O–H groups in total. The summed E-state index contributed by atoms with van der Waals surface area (Å²) >= 11 is 0. The zero-order valence-electron chi connectivity index (χ0n) is 78.9. The molecule has 8 amide bonds. The van der Waals surface area contributed by atoms with E-state index >= 15 is 0 Å². The van der Waals surface area contributed by atoms with Crippen molar-refractivity contribution in [1.82, 2.24) is 62.1 Å². The van der Waals surface area contributed by atoms with Gasteiger partial charge in [0.2, 0.25) is 33.7 Å². The number of halogens is 12. The van der Waals surface area contributed by atoms with Gasteiger partial charge in [0.1, 0.15) is 5.75 Å². The van der Waals surface area contributed by atoms with Gasteiger partial charge < -0.3 is 47.6 Å². The third-order valence-corrected chi connectivity index (χ3v) is 29.1. The Labute approximate surface area is 812 Å². The summed E-state index contributed by atoms with van der Waals surface area (Å²) in [4.78, 5) is 108. The van der Waals surface area contributed by atoms with Gasteiger partial charge in [0.25, 0.3) is 23.6 Å². The number of hydrogen-bond acceptors (Lipinski definition) is 15. The number of hydrogen-bond donors (Lipinski definition) is 9. The van der Waals surface area contributed by atoms with Gasteiger partial charge in [0, 0.05) is 106 Å². The first-order valence-corrected chi connectivity index (χ1v) is 49.6. The first-order chi connectivity index (χ1) is 66.9. The number of anilines is 1. The Kier molecular flexibility index (Phi) is 35.7. The molecule has 758 valence electrons. The van der Waals surface area contributed by atoms with E-state index in [0.29, 0.717) is 87.5 Å². The fourth-order valence-corrected chi connectivity index (χ4v) is 20.6. The topological polar surface area (TPSA) is 303 Å². The molecule has 4 aliphatic carbocycles. The monoisotopic (exact) mass is 1990 g/mol. The minimum absolute atomic E-state index is 0.00569. The van der Waals surface area contributed by atoms with E-state index in [1.165, 1.54) is 73.9 Å². The Morgan fingerprint density at radius 1 is 0.319 bits per heavy atom. The summed E-state index contributed by atoms with van der Waals surface area (Å²) in [5, 5.41) is 30.5. The van der Waals surface area contributed by atoms with Gasteiger partial charge >= 0.3 is 24.7 Å². The number of phenols is 1. The summed E-state index contributed by atoms with van der Waals surface area (Å²) in [6, 6.07) is 55.2. The van der Waals surface area contributed by atoms with Crippen molar-refractivity contribution in [3.05, 3.63) is 272 Å². The Morgan fingerprint density at radius 2 is 0.539 bits per heavy atom. The Balaban J connectivity index is 0.000000158. The molecule has 16 rings (SSSR count). The SMILES string of the molecule is CN(c1cc(C(=O)NCC(=O)NC2CN(C3CCC(c4ccccc4)CC3)C2)cc(C(F)(F)F)c1)S(C)(=O)=O.Cc1cc(C(=O)NCC(=O)NC2CN(C3CCC(c4ccccc4)CC3)C2)cc(C(F)(F)F)c1.Cc1cc(C(=O)NCC(=O)NC2CN(C3CCC(c4ccccc4)CC3)C2)cc(C(F)(F)F)c1.O=C(CNC(=O)c1cc(O)cc(C(F)(F)F)c1)NC1CN(C2CCC(c3ccccc3)CC2)C1. The number of amides is 8. The fourth-order valence-electron chi connectivity index (χ4n) is 20.1. The van der Waals surface area contributed by atoms with Crippen molar-refractivity contribution in [1.29, 1.82) is 0 Å². The largest absolute Gasteiger partial charge is 0.508 e. The first-order valence-electron chi connectivity index (χ1n) is 47.8.